The molecular formula is C25H26N2O4S. The second kappa shape index (κ2) is 9.54. The minimum absolute atomic E-state index is 0.0650. The number of carbonyl (C=O) groups excluding carboxylic acids is 1. The molecule has 1 saturated heterocycles. The molecule has 0 radical (unpaired) electrons. The van der Waals surface area contributed by atoms with Crippen LogP contribution in [0.3, 0.4) is 0 Å². The third kappa shape index (κ3) is 4.84. The molecule has 0 atom stereocenters. The van der Waals surface area contributed by atoms with Gasteiger partial charge in [0.15, 0.2) is 0 Å². The van der Waals surface area contributed by atoms with Gasteiger partial charge in [-0.3, -0.25) is 4.79 Å². The van der Waals surface area contributed by atoms with E-state index in [0.717, 1.165) is 24.0 Å². The van der Waals surface area contributed by atoms with Crippen LogP contribution in [0.4, 0.5) is 5.69 Å². The first kappa shape index (κ1) is 22.0. The van der Waals surface area contributed by atoms with E-state index in [1.807, 2.05) is 60.7 Å². The van der Waals surface area contributed by atoms with Crippen LogP contribution >= 0.6 is 0 Å². The predicted molar refractivity (Wildman–Crippen MR) is 124 cm³/mol. The average Bonchev–Trinajstić information content (AvgIpc) is 3.36. The van der Waals surface area contributed by atoms with E-state index >= 15 is 0 Å². The fourth-order valence-electron chi connectivity index (χ4n) is 4.04. The van der Waals surface area contributed by atoms with Crippen LogP contribution in [0.15, 0.2) is 83.8 Å². The molecule has 0 bridgehead atoms. The highest BCUT2D eigenvalue weighted by atomic mass is 32.2. The summed E-state index contributed by atoms with van der Waals surface area (Å²) < 4.78 is 27.2. The van der Waals surface area contributed by atoms with E-state index in [9.17, 15) is 18.3 Å². The van der Waals surface area contributed by atoms with Crippen LogP contribution in [0, 0.1) is 0 Å². The number of phenols is 1. The highest BCUT2D eigenvalue weighted by Crippen LogP contribution is 2.32. The lowest BCUT2D eigenvalue weighted by Gasteiger charge is -2.19. The Morgan fingerprint density at radius 3 is 2.03 bits per heavy atom. The van der Waals surface area contributed by atoms with Crippen LogP contribution in [0.5, 0.6) is 5.75 Å². The number of aromatic hydroxyl groups is 1. The molecule has 4 rings (SSSR count). The number of amides is 1. The van der Waals surface area contributed by atoms with Crippen molar-refractivity contribution in [1.82, 2.24) is 4.31 Å². The molecule has 2 N–H and O–H groups in total. The van der Waals surface area contributed by atoms with E-state index in [0.29, 0.717) is 13.1 Å². The zero-order valence-electron chi connectivity index (χ0n) is 17.6. The van der Waals surface area contributed by atoms with Gasteiger partial charge in [0, 0.05) is 25.4 Å². The maximum atomic E-state index is 13.0. The second-order valence-corrected chi connectivity index (χ2v) is 9.85. The van der Waals surface area contributed by atoms with E-state index in [4.69, 9.17) is 0 Å². The van der Waals surface area contributed by atoms with Crippen molar-refractivity contribution in [1.29, 1.82) is 0 Å². The summed E-state index contributed by atoms with van der Waals surface area (Å²) in [6, 6.07) is 23.5. The van der Waals surface area contributed by atoms with Gasteiger partial charge in [-0.1, -0.05) is 60.7 Å². The average molecular weight is 451 g/mol. The Bertz CT molecular complexity index is 1140. The molecule has 1 amide bonds. The Morgan fingerprint density at radius 2 is 1.47 bits per heavy atom. The van der Waals surface area contributed by atoms with Gasteiger partial charge in [-0.05, 0) is 42.2 Å². The molecule has 1 aliphatic heterocycles. The number of nitrogens with one attached hydrogen (secondary N) is 1. The summed E-state index contributed by atoms with van der Waals surface area (Å²) in [5, 5.41) is 13.0. The predicted octanol–water partition coefficient (Wildman–Crippen LogP) is 4.34. The number of phenolic OH excluding ortho intramolecular Hbond substituents is 1. The zero-order chi connectivity index (χ0) is 22.6. The summed E-state index contributed by atoms with van der Waals surface area (Å²) in [6.45, 7) is 0.974. The molecule has 6 nitrogen and oxygen atoms in total. The van der Waals surface area contributed by atoms with Crippen molar-refractivity contribution in [2.75, 3.05) is 18.4 Å². The Morgan fingerprint density at radius 1 is 0.906 bits per heavy atom. The number of rotatable bonds is 7. The Hall–Kier alpha value is -3.16. The fourth-order valence-corrected chi connectivity index (χ4v) is 5.58. The third-order valence-electron chi connectivity index (χ3n) is 5.74. The molecule has 0 unspecified atom stereocenters. The third-order valence-corrected chi connectivity index (χ3v) is 7.63. The molecule has 3 aromatic rings. The summed E-state index contributed by atoms with van der Waals surface area (Å²) in [7, 11) is -3.65. The Kier molecular flexibility index (Phi) is 6.58. The molecular weight excluding hydrogens is 424 g/mol. The summed E-state index contributed by atoms with van der Waals surface area (Å²) in [6.07, 6.45) is 1.82. The van der Waals surface area contributed by atoms with Gasteiger partial charge in [0.1, 0.15) is 5.75 Å². The van der Waals surface area contributed by atoms with Gasteiger partial charge >= 0.3 is 0 Å². The minimum atomic E-state index is -3.65. The summed E-state index contributed by atoms with van der Waals surface area (Å²) in [5.41, 5.74) is 2.10. The standard InChI is InChI=1S/C25H26N2O4S/c28-24-14-13-21(32(30,31)27-15-7-8-16-27)17-23(24)26-25(29)18-22(19-9-3-1-4-10-19)20-11-5-2-6-12-20/h1-6,9-14,17,22,28H,7-8,15-16,18H2,(H,26,29). The number of hydrogen-bond acceptors (Lipinski definition) is 4. The van der Waals surface area contributed by atoms with Crippen molar-refractivity contribution in [3.8, 4) is 5.75 Å². The van der Waals surface area contributed by atoms with E-state index in [1.165, 1.54) is 22.5 Å². The van der Waals surface area contributed by atoms with Crippen molar-refractivity contribution in [2.24, 2.45) is 0 Å². The van der Waals surface area contributed by atoms with Crippen LogP contribution in [-0.2, 0) is 14.8 Å². The van der Waals surface area contributed by atoms with Gasteiger partial charge in [0.05, 0.1) is 10.6 Å². The first-order valence-electron chi connectivity index (χ1n) is 10.7. The molecule has 166 valence electrons. The van der Waals surface area contributed by atoms with Crippen molar-refractivity contribution in [2.45, 2.75) is 30.1 Å². The lowest BCUT2D eigenvalue weighted by molar-refractivity contribution is -0.116. The lowest BCUT2D eigenvalue weighted by Crippen LogP contribution is -2.28. The van der Waals surface area contributed by atoms with Crippen molar-refractivity contribution < 1.29 is 18.3 Å². The molecule has 0 aromatic heterocycles. The van der Waals surface area contributed by atoms with Crippen LogP contribution in [0.1, 0.15) is 36.3 Å². The number of benzene rings is 3. The molecule has 0 aliphatic carbocycles. The van der Waals surface area contributed by atoms with E-state index in [2.05, 4.69) is 5.32 Å². The number of carbonyl (C=O) groups is 1. The number of sulfonamides is 1. The Balaban J connectivity index is 1.56. The summed E-state index contributed by atoms with van der Waals surface area (Å²) in [4.78, 5) is 13.0. The van der Waals surface area contributed by atoms with Crippen LogP contribution in [0.2, 0.25) is 0 Å². The second-order valence-electron chi connectivity index (χ2n) is 7.92. The number of anilines is 1. The Labute approximate surface area is 188 Å². The molecule has 1 aliphatic rings. The summed E-state index contributed by atoms with van der Waals surface area (Å²) in [5.74, 6) is -0.653. The molecule has 0 spiro atoms. The largest absolute Gasteiger partial charge is 0.506 e. The maximum Gasteiger partial charge on any atom is 0.243 e. The van der Waals surface area contributed by atoms with Gasteiger partial charge in [-0.25, -0.2) is 8.42 Å². The van der Waals surface area contributed by atoms with Gasteiger partial charge in [-0.2, -0.15) is 4.31 Å². The van der Waals surface area contributed by atoms with Crippen molar-refractivity contribution in [3.05, 3.63) is 90.0 Å². The highest BCUT2D eigenvalue weighted by molar-refractivity contribution is 7.89. The first-order valence-corrected chi connectivity index (χ1v) is 12.1. The van der Waals surface area contributed by atoms with Crippen LogP contribution in [-0.4, -0.2) is 36.8 Å². The fraction of sp³-hybridized carbons (Fsp3) is 0.240. The van der Waals surface area contributed by atoms with Gasteiger partial charge in [0.25, 0.3) is 0 Å². The molecule has 1 fully saturated rings. The summed E-state index contributed by atoms with van der Waals surface area (Å²) >= 11 is 0. The number of nitrogens with zero attached hydrogens (tertiary/aromatic N) is 1. The smallest absolute Gasteiger partial charge is 0.243 e. The normalized spacial score (nSPS) is 14.5. The molecule has 3 aromatic carbocycles. The van der Waals surface area contributed by atoms with E-state index in [1.54, 1.807) is 0 Å². The SMILES string of the molecule is O=C(CC(c1ccccc1)c1ccccc1)Nc1cc(S(=O)(=O)N2CCCC2)ccc1O. The lowest BCUT2D eigenvalue weighted by atomic mass is 9.88. The molecule has 32 heavy (non-hydrogen) atoms. The monoisotopic (exact) mass is 450 g/mol. The topological polar surface area (TPSA) is 86.7 Å². The zero-order valence-corrected chi connectivity index (χ0v) is 18.5. The quantitative estimate of drug-likeness (QED) is 0.525. The van der Waals surface area contributed by atoms with E-state index in [-0.39, 0.29) is 34.6 Å². The van der Waals surface area contributed by atoms with Crippen molar-refractivity contribution >= 4 is 21.6 Å². The maximum absolute atomic E-state index is 13.0. The van der Waals surface area contributed by atoms with Gasteiger partial charge < -0.3 is 10.4 Å². The van der Waals surface area contributed by atoms with Crippen LogP contribution < -0.4 is 5.32 Å². The van der Waals surface area contributed by atoms with E-state index < -0.39 is 10.0 Å². The highest BCUT2D eigenvalue weighted by Gasteiger charge is 2.28. The van der Waals surface area contributed by atoms with Gasteiger partial charge in [0.2, 0.25) is 15.9 Å². The van der Waals surface area contributed by atoms with Crippen LogP contribution in [0.25, 0.3) is 0 Å². The van der Waals surface area contributed by atoms with Crippen molar-refractivity contribution in [3.63, 3.8) is 0 Å². The molecule has 7 heteroatoms. The molecule has 1 heterocycles. The minimum Gasteiger partial charge on any atom is -0.506 e. The molecule has 0 saturated carbocycles. The number of hydrogen-bond donors (Lipinski definition) is 2. The van der Waals surface area contributed by atoms with Gasteiger partial charge in [-0.15, -0.1) is 0 Å². The first-order chi connectivity index (χ1) is 15.4.